The van der Waals surface area contributed by atoms with E-state index in [1.54, 1.807) is 0 Å². The van der Waals surface area contributed by atoms with Crippen LogP contribution in [0.4, 0.5) is 0 Å². The van der Waals surface area contributed by atoms with Crippen molar-refractivity contribution in [2.24, 2.45) is 40.4 Å². The molecule has 0 aromatic rings. The number of fused-ring (bicyclic) bond motifs is 3. The second-order valence-electron chi connectivity index (χ2n) is 11.3. The summed E-state index contributed by atoms with van der Waals surface area (Å²) in [4.78, 5) is 0. The number of rotatable bonds is 5. The van der Waals surface area contributed by atoms with Gasteiger partial charge in [-0.05, 0) is 78.9 Å². The molecule has 3 fully saturated rings. The Morgan fingerprint density at radius 2 is 1.67 bits per heavy atom. The van der Waals surface area contributed by atoms with Gasteiger partial charge >= 0.3 is 0 Å². The highest BCUT2D eigenvalue weighted by atomic mass is 16.5. The van der Waals surface area contributed by atoms with E-state index in [4.69, 9.17) is 4.74 Å². The molecule has 3 aliphatic carbocycles. The zero-order valence-corrected chi connectivity index (χ0v) is 19.0. The predicted molar refractivity (Wildman–Crippen MR) is 114 cm³/mol. The first-order chi connectivity index (χ1) is 12.7. The molecular weight excluding hydrogens is 332 g/mol. The summed E-state index contributed by atoms with van der Waals surface area (Å²) in [5, 5.41) is 11.1. The molecule has 1 N–H and O–H groups in total. The van der Waals surface area contributed by atoms with E-state index in [9.17, 15) is 5.11 Å². The second-order valence-corrected chi connectivity index (χ2v) is 11.3. The molecule has 3 saturated carbocycles. The lowest BCUT2D eigenvalue weighted by atomic mass is 9.47. The van der Waals surface area contributed by atoms with Gasteiger partial charge < -0.3 is 9.84 Å². The van der Waals surface area contributed by atoms with E-state index in [2.05, 4.69) is 41.5 Å². The van der Waals surface area contributed by atoms with Crippen molar-refractivity contribution < 1.29 is 9.84 Å². The van der Waals surface area contributed by atoms with E-state index in [1.165, 1.54) is 44.9 Å². The monoisotopic (exact) mass is 378 g/mol. The summed E-state index contributed by atoms with van der Waals surface area (Å²) in [5.74, 6) is 3.50. The standard InChI is InChI=1S/C25H46O2/c1-7-8-9-14-27-21-16-25(6)20(17(2)11-13-22(25)26)15-19-12-10-18(3)23(21)24(19,4)5/h17-23,26H,7-16H2,1-6H3/t17-,18-,19+,20-,21?,22?,23-,25+/m1/s1. The van der Waals surface area contributed by atoms with E-state index in [0.717, 1.165) is 37.2 Å². The number of unbranched alkanes of at least 4 members (excludes halogenated alkanes) is 2. The molecule has 2 nitrogen and oxygen atoms in total. The average Bonchev–Trinajstić information content (AvgIpc) is 2.59. The molecule has 0 aliphatic heterocycles. The van der Waals surface area contributed by atoms with Gasteiger partial charge in [0.25, 0.3) is 0 Å². The Hall–Kier alpha value is -0.0800. The van der Waals surface area contributed by atoms with Gasteiger partial charge in [-0.25, -0.2) is 0 Å². The van der Waals surface area contributed by atoms with Gasteiger partial charge in [0.15, 0.2) is 0 Å². The minimum Gasteiger partial charge on any atom is -0.393 e. The van der Waals surface area contributed by atoms with E-state index in [1.807, 2.05) is 0 Å². The molecule has 3 rings (SSSR count). The summed E-state index contributed by atoms with van der Waals surface area (Å²) >= 11 is 0. The molecule has 3 aliphatic rings. The number of ether oxygens (including phenoxy) is 1. The summed E-state index contributed by atoms with van der Waals surface area (Å²) < 4.78 is 6.70. The Kier molecular flexibility index (Phi) is 6.68. The zero-order valence-electron chi connectivity index (χ0n) is 19.0. The lowest BCUT2D eigenvalue weighted by Crippen LogP contribution is -2.57. The molecule has 2 unspecified atom stereocenters. The van der Waals surface area contributed by atoms with Crippen molar-refractivity contribution in [3.63, 3.8) is 0 Å². The first kappa shape index (κ1) is 21.6. The Bertz CT molecular complexity index is 487. The van der Waals surface area contributed by atoms with Crippen molar-refractivity contribution in [1.29, 1.82) is 0 Å². The highest BCUT2D eigenvalue weighted by Crippen LogP contribution is 2.60. The average molecular weight is 379 g/mol. The minimum absolute atomic E-state index is 0.0250. The van der Waals surface area contributed by atoms with Gasteiger partial charge in [-0.15, -0.1) is 0 Å². The lowest BCUT2D eigenvalue weighted by Gasteiger charge is -2.60. The van der Waals surface area contributed by atoms with Crippen LogP contribution in [0.25, 0.3) is 0 Å². The fourth-order valence-corrected chi connectivity index (χ4v) is 7.54. The van der Waals surface area contributed by atoms with Crippen molar-refractivity contribution in [2.75, 3.05) is 6.61 Å². The maximum absolute atomic E-state index is 11.1. The van der Waals surface area contributed by atoms with Crippen molar-refractivity contribution in [3.8, 4) is 0 Å². The van der Waals surface area contributed by atoms with Crippen molar-refractivity contribution in [2.45, 2.75) is 112 Å². The van der Waals surface area contributed by atoms with Gasteiger partial charge in [0.1, 0.15) is 0 Å². The molecule has 2 heteroatoms. The first-order valence-corrected chi connectivity index (χ1v) is 12.0. The molecule has 0 saturated heterocycles. The summed E-state index contributed by atoms with van der Waals surface area (Å²) in [6.07, 6.45) is 11.1. The SMILES string of the molecule is CCCCCOC1C[C@]2(C)C(O)CC[C@@H](C)[C@H]2C[C@@H]2CC[C@@H](C)[C@H]1C2(C)C. The third kappa shape index (κ3) is 4.00. The number of hydrogen-bond donors (Lipinski definition) is 1. The third-order valence-electron chi connectivity index (χ3n) is 9.35. The van der Waals surface area contributed by atoms with Crippen LogP contribution >= 0.6 is 0 Å². The molecule has 0 heterocycles. The quantitative estimate of drug-likeness (QED) is 0.556. The van der Waals surface area contributed by atoms with Crippen molar-refractivity contribution in [3.05, 3.63) is 0 Å². The Morgan fingerprint density at radius 3 is 2.37 bits per heavy atom. The van der Waals surface area contributed by atoms with Crippen LogP contribution in [0, 0.1) is 40.4 Å². The molecule has 2 bridgehead atoms. The lowest BCUT2D eigenvalue weighted by molar-refractivity contribution is -0.175. The number of hydrogen-bond acceptors (Lipinski definition) is 2. The van der Waals surface area contributed by atoms with Crippen LogP contribution in [-0.2, 0) is 4.74 Å². The van der Waals surface area contributed by atoms with Crippen LogP contribution in [0.2, 0.25) is 0 Å². The fraction of sp³-hybridized carbons (Fsp3) is 1.00. The summed E-state index contributed by atoms with van der Waals surface area (Å²) in [6.45, 7) is 15.5. The molecular formula is C25H46O2. The van der Waals surface area contributed by atoms with Gasteiger partial charge in [0.05, 0.1) is 12.2 Å². The third-order valence-corrected chi connectivity index (χ3v) is 9.35. The topological polar surface area (TPSA) is 29.5 Å². The van der Waals surface area contributed by atoms with Gasteiger partial charge in [-0.2, -0.15) is 0 Å². The summed E-state index contributed by atoms with van der Waals surface area (Å²) in [5.41, 5.74) is 0.369. The molecule has 0 spiro atoms. The van der Waals surface area contributed by atoms with Crippen molar-refractivity contribution >= 4 is 0 Å². The van der Waals surface area contributed by atoms with Crippen LogP contribution in [0.5, 0.6) is 0 Å². The minimum atomic E-state index is -0.155. The Labute approximate surface area is 168 Å². The maximum Gasteiger partial charge on any atom is 0.0617 e. The Balaban J connectivity index is 1.93. The van der Waals surface area contributed by atoms with Crippen LogP contribution in [0.15, 0.2) is 0 Å². The number of aliphatic hydroxyl groups is 1. The molecule has 27 heavy (non-hydrogen) atoms. The fourth-order valence-electron chi connectivity index (χ4n) is 7.54. The van der Waals surface area contributed by atoms with E-state index in [0.29, 0.717) is 23.4 Å². The highest BCUT2D eigenvalue weighted by Gasteiger charge is 2.56. The highest BCUT2D eigenvalue weighted by molar-refractivity contribution is 5.06. The first-order valence-electron chi connectivity index (χ1n) is 12.0. The molecule has 158 valence electrons. The van der Waals surface area contributed by atoms with E-state index in [-0.39, 0.29) is 11.5 Å². The second kappa shape index (κ2) is 8.34. The van der Waals surface area contributed by atoms with Crippen LogP contribution < -0.4 is 0 Å². The molecule has 0 aromatic carbocycles. The Morgan fingerprint density at radius 1 is 0.963 bits per heavy atom. The van der Waals surface area contributed by atoms with Crippen LogP contribution in [-0.4, -0.2) is 23.9 Å². The molecule has 0 radical (unpaired) electrons. The van der Waals surface area contributed by atoms with Gasteiger partial charge in [0.2, 0.25) is 0 Å². The van der Waals surface area contributed by atoms with Crippen LogP contribution in [0.1, 0.15) is 99.3 Å². The normalized spacial score (nSPS) is 47.0. The molecule has 8 atom stereocenters. The van der Waals surface area contributed by atoms with Gasteiger partial charge in [-0.1, -0.05) is 60.8 Å². The van der Waals surface area contributed by atoms with Gasteiger partial charge in [0, 0.05) is 6.61 Å². The van der Waals surface area contributed by atoms with E-state index < -0.39 is 0 Å². The zero-order chi connectivity index (χ0) is 19.8. The summed E-state index contributed by atoms with van der Waals surface area (Å²) in [7, 11) is 0. The smallest absolute Gasteiger partial charge is 0.0617 e. The summed E-state index contributed by atoms with van der Waals surface area (Å²) in [6, 6.07) is 0. The predicted octanol–water partition coefficient (Wildman–Crippen LogP) is 6.46. The van der Waals surface area contributed by atoms with Crippen LogP contribution in [0.3, 0.4) is 0 Å². The van der Waals surface area contributed by atoms with Gasteiger partial charge in [-0.3, -0.25) is 0 Å². The number of aliphatic hydroxyl groups excluding tert-OH is 1. The maximum atomic E-state index is 11.1. The largest absolute Gasteiger partial charge is 0.393 e. The molecule has 0 aromatic heterocycles. The van der Waals surface area contributed by atoms with Crippen molar-refractivity contribution in [1.82, 2.24) is 0 Å². The van der Waals surface area contributed by atoms with E-state index >= 15 is 0 Å². The molecule has 0 amide bonds.